The second-order valence-corrected chi connectivity index (χ2v) is 11.1. The smallest absolute Gasteiger partial charge is 0.244 e. The molecule has 3 aliphatic rings. The number of carbonyl (C=O) groups excluding carboxylic acids is 3. The molecule has 3 N–H and O–H groups in total. The Bertz CT molecular complexity index is 690. The van der Waals surface area contributed by atoms with Crippen molar-refractivity contribution in [2.24, 2.45) is 17.8 Å². The minimum atomic E-state index is -0.558. The SMILES string of the molecule is CCCNC(=O)[C@@H]1[C@@H]2CC(C)C3(S2)C(C(=O)NC(C)CCC)N(CCCCO)C(=O)[C@H]13. The van der Waals surface area contributed by atoms with Crippen molar-refractivity contribution in [3.05, 3.63) is 0 Å². The van der Waals surface area contributed by atoms with E-state index < -0.39 is 16.7 Å². The highest BCUT2D eigenvalue weighted by Gasteiger charge is 2.75. The number of fused-ring (bicyclic) bond motifs is 1. The van der Waals surface area contributed by atoms with E-state index in [9.17, 15) is 19.5 Å². The Labute approximate surface area is 190 Å². The maximum Gasteiger partial charge on any atom is 0.244 e. The van der Waals surface area contributed by atoms with Crippen LogP contribution in [0.15, 0.2) is 0 Å². The zero-order valence-electron chi connectivity index (χ0n) is 19.4. The van der Waals surface area contributed by atoms with Gasteiger partial charge >= 0.3 is 0 Å². The van der Waals surface area contributed by atoms with Crippen molar-refractivity contribution in [2.45, 2.75) is 88.3 Å². The van der Waals surface area contributed by atoms with Gasteiger partial charge in [-0.25, -0.2) is 0 Å². The average molecular weight is 454 g/mol. The van der Waals surface area contributed by atoms with Crippen LogP contribution in [0.4, 0.5) is 0 Å². The van der Waals surface area contributed by atoms with Crippen molar-refractivity contribution in [3.8, 4) is 0 Å². The lowest BCUT2D eigenvalue weighted by atomic mass is 9.66. The van der Waals surface area contributed by atoms with Crippen molar-refractivity contribution in [1.29, 1.82) is 0 Å². The van der Waals surface area contributed by atoms with E-state index in [1.807, 2.05) is 13.8 Å². The van der Waals surface area contributed by atoms with Gasteiger partial charge in [-0.3, -0.25) is 14.4 Å². The van der Waals surface area contributed by atoms with Crippen LogP contribution in [0.5, 0.6) is 0 Å². The molecule has 4 unspecified atom stereocenters. The molecule has 3 amide bonds. The van der Waals surface area contributed by atoms with Crippen LogP contribution in [0.1, 0.15) is 66.2 Å². The van der Waals surface area contributed by atoms with Crippen LogP contribution in [0, 0.1) is 17.8 Å². The summed E-state index contributed by atoms with van der Waals surface area (Å²) in [6.07, 6.45) is 4.82. The molecule has 0 aromatic carbocycles. The molecule has 3 saturated heterocycles. The Morgan fingerprint density at radius 1 is 1.26 bits per heavy atom. The van der Waals surface area contributed by atoms with Crippen molar-refractivity contribution in [3.63, 3.8) is 0 Å². The maximum atomic E-state index is 13.7. The Hall–Kier alpha value is -1.28. The van der Waals surface area contributed by atoms with E-state index in [1.54, 1.807) is 16.7 Å². The van der Waals surface area contributed by atoms with Crippen molar-refractivity contribution >= 4 is 29.5 Å². The number of nitrogens with zero attached hydrogens (tertiary/aromatic N) is 1. The third kappa shape index (κ3) is 4.22. The van der Waals surface area contributed by atoms with Crippen molar-refractivity contribution < 1.29 is 19.5 Å². The lowest BCUT2D eigenvalue weighted by Gasteiger charge is -2.39. The fourth-order valence-electron chi connectivity index (χ4n) is 5.95. The summed E-state index contributed by atoms with van der Waals surface area (Å²) >= 11 is 1.72. The number of nitrogens with one attached hydrogen (secondary N) is 2. The van der Waals surface area contributed by atoms with Gasteiger partial charge in [0.15, 0.2) is 0 Å². The van der Waals surface area contributed by atoms with Crippen LogP contribution in [0.2, 0.25) is 0 Å². The number of aliphatic hydroxyl groups excluding tert-OH is 1. The molecule has 0 aromatic heterocycles. The normalized spacial score (nSPS) is 34.7. The molecule has 0 radical (unpaired) electrons. The standard InChI is InChI=1S/C23H39N3O4S/c1-5-9-15(4)25-21(29)19-23-14(3)13-16(31-23)17(20(28)24-10-6-2)18(23)22(30)26(19)11-7-8-12-27/h14-19,27H,5-13H2,1-4H3,(H,24,28)(H,25,29)/t14?,15?,16-,17+,18-,19?,23?/m0/s1. The molecule has 3 heterocycles. The molecule has 7 nitrogen and oxygen atoms in total. The van der Waals surface area contributed by atoms with Crippen molar-refractivity contribution in [1.82, 2.24) is 15.5 Å². The van der Waals surface area contributed by atoms with Gasteiger partial charge in [-0.1, -0.05) is 27.2 Å². The minimum Gasteiger partial charge on any atom is -0.396 e. The quantitative estimate of drug-likeness (QED) is 0.415. The van der Waals surface area contributed by atoms with Gasteiger partial charge in [0, 0.05) is 31.0 Å². The first-order valence-electron chi connectivity index (χ1n) is 12.0. The zero-order valence-corrected chi connectivity index (χ0v) is 20.2. The number of amides is 3. The monoisotopic (exact) mass is 453 g/mol. The number of aliphatic hydroxyl groups is 1. The molecule has 0 saturated carbocycles. The van der Waals surface area contributed by atoms with Crippen LogP contribution < -0.4 is 10.6 Å². The number of carbonyl (C=O) groups is 3. The predicted octanol–water partition coefficient (Wildman–Crippen LogP) is 1.93. The first-order chi connectivity index (χ1) is 14.8. The van der Waals surface area contributed by atoms with E-state index in [2.05, 4.69) is 24.5 Å². The molecule has 176 valence electrons. The summed E-state index contributed by atoms with van der Waals surface area (Å²) in [6.45, 7) is 9.37. The molecule has 2 bridgehead atoms. The Morgan fingerprint density at radius 2 is 2.00 bits per heavy atom. The van der Waals surface area contributed by atoms with Crippen molar-refractivity contribution in [2.75, 3.05) is 19.7 Å². The van der Waals surface area contributed by atoms with E-state index >= 15 is 0 Å². The van der Waals surface area contributed by atoms with Gasteiger partial charge in [0.2, 0.25) is 17.7 Å². The first-order valence-corrected chi connectivity index (χ1v) is 12.9. The Morgan fingerprint density at radius 3 is 2.65 bits per heavy atom. The molecule has 3 aliphatic heterocycles. The van der Waals surface area contributed by atoms with Crippen LogP contribution in [-0.2, 0) is 14.4 Å². The summed E-state index contributed by atoms with van der Waals surface area (Å²) < 4.78 is -0.550. The summed E-state index contributed by atoms with van der Waals surface area (Å²) in [5.41, 5.74) is 0. The Kier molecular flexibility index (Phi) is 7.95. The third-order valence-corrected chi connectivity index (χ3v) is 9.34. The summed E-state index contributed by atoms with van der Waals surface area (Å²) in [5.74, 6) is -0.815. The highest BCUT2D eigenvalue weighted by molar-refractivity contribution is 8.02. The third-order valence-electron chi connectivity index (χ3n) is 7.26. The molecule has 31 heavy (non-hydrogen) atoms. The van der Waals surface area contributed by atoms with Gasteiger partial charge in [0.05, 0.1) is 16.6 Å². The number of rotatable bonds is 11. The fourth-order valence-corrected chi connectivity index (χ4v) is 8.37. The largest absolute Gasteiger partial charge is 0.396 e. The highest BCUT2D eigenvalue weighted by atomic mass is 32.2. The zero-order chi connectivity index (χ0) is 22.8. The second kappa shape index (κ2) is 10.1. The van der Waals surface area contributed by atoms with Gasteiger partial charge in [-0.05, 0) is 44.9 Å². The number of thioether (sulfide) groups is 1. The number of likely N-dealkylation sites (tertiary alicyclic amines) is 1. The van der Waals surface area contributed by atoms with Crippen LogP contribution in [0.25, 0.3) is 0 Å². The number of hydrogen-bond donors (Lipinski definition) is 3. The first kappa shape index (κ1) is 24.4. The van der Waals surface area contributed by atoms with Gasteiger partial charge in [0.1, 0.15) is 6.04 Å². The molecular weight excluding hydrogens is 414 g/mol. The molecular formula is C23H39N3O4S. The van der Waals surface area contributed by atoms with E-state index in [0.29, 0.717) is 25.9 Å². The summed E-state index contributed by atoms with van der Waals surface area (Å²) in [4.78, 5) is 42.1. The van der Waals surface area contributed by atoms with Gasteiger partial charge in [-0.2, -0.15) is 0 Å². The second-order valence-electron chi connectivity index (χ2n) is 9.50. The van der Waals surface area contributed by atoms with Gasteiger partial charge < -0.3 is 20.6 Å². The van der Waals surface area contributed by atoms with E-state index in [1.165, 1.54) is 0 Å². The van der Waals surface area contributed by atoms with Gasteiger partial charge in [-0.15, -0.1) is 11.8 Å². The molecule has 0 aromatic rings. The Balaban J connectivity index is 1.94. The molecule has 3 fully saturated rings. The van der Waals surface area contributed by atoms with E-state index in [0.717, 1.165) is 25.7 Å². The summed E-state index contributed by atoms with van der Waals surface area (Å²) in [7, 11) is 0. The average Bonchev–Trinajstić information content (AvgIpc) is 3.30. The molecule has 1 spiro atoms. The van der Waals surface area contributed by atoms with E-state index in [-0.39, 0.29) is 47.5 Å². The number of hydrogen-bond acceptors (Lipinski definition) is 5. The predicted molar refractivity (Wildman–Crippen MR) is 123 cm³/mol. The fraction of sp³-hybridized carbons (Fsp3) is 0.870. The van der Waals surface area contributed by atoms with Crippen LogP contribution in [-0.4, -0.2) is 69.5 Å². The lowest BCUT2D eigenvalue weighted by molar-refractivity contribution is -0.140. The summed E-state index contributed by atoms with van der Waals surface area (Å²) in [6, 6.07) is -0.512. The van der Waals surface area contributed by atoms with E-state index in [4.69, 9.17) is 0 Å². The summed E-state index contributed by atoms with van der Waals surface area (Å²) in [5, 5.41) is 15.5. The topological polar surface area (TPSA) is 98.7 Å². The molecule has 8 heteroatoms. The molecule has 3 rings (SSSR count). The number of unbranched alkanes of at least 4 members (excludes halogenated alkanes) is 1. The van der Waals surface area contributed by atoms with Gasteiger partial charge in [0.25, 0.3) is 0 Å². The highest BCUT2D eigenvalue weighted by Crippen LogP contribution is 2.68. The maximum absolute atomic E-state index is 13.7. The molecule has 0 aliphatic carbocycles. The molecule has 7 atom stereocenters. The lowest BCUT2D eigenvalue weighted by Crippen LogP contribution is -2.57. The minimum absolute atomic E-state index is 0.0396. The van der Waals surface area contributed by atoms with Crippen LogP contribution in [0.3, 0.4) is 0 Å². The van der Waals surface area contributed by atoms with Crippen LogP contribution >= 0.6 is 11.8 Å².